The zero-order chi connectivity index (χ0) is 17.8. The lowest BCUT2D eigenvalue weighted by Crippen LogP contribution is -2.32. The van der Waals surface area contributed by atoms with Crippen molar-refractivity contribution in [1.29, 1.82) is 0 Å². The molecule has 0 saturated heterocycles. The van der Waals surface area contributed by atoms with Crippen molar-refractivity contribution in [2.75, 3.05) is 6.61 Å². The van der Waals surface area contributed by atoms with E-state index >= 15 is 0 Å². The standard InChI is InChI=1S/C18H20N4O3/c1-3-25-17-13(7-6-10-19-17)11-20-16(23)12-22-15-9-5-4-8-14(15)21(2)18(22)24/h4-10H,3,11-12H2,1-2H3,(H,20,23). The first-order chi connectivity index (χ1) is 12.1. The SMILES string of the molecule is CCOc1ncccc1CNC(=O)Cn1c(=O)n(C)c2ccccc21. The van der Waals surface area contributed by atoms with Gasteiger partial charge in [-0.25, -0.2) is 9.78 Å². The summed E-state index contributed by atoms with van der Waals surface area (Å²) in [5.74, 6) is 0.261. The second-order valence-electron chi connectivity index (χ2n) is 5.59. The molecule has 2 heterocycles. The van der Waals surface area contributed by atoms with Crippen LogP contribution in [0.25, 0.3) is 11.0 Å². The number of ether oxygens (including phenoxy) is 1. The normalized spacial score (nSPS) is 10.8. The average Bonchev–Trinajstić information content (AvgIpc) is 2.87. The van der Waals surface area contributed by atoms with Gasteiger partial charge in [-0.05, 0) is 25.1 Å². The van der Waals surface area contributed by atoms with Crippen LogP contribution in [0.15, 0.2) is 47.4 Å². The van der Waals surface area contributed by atoms with Gasteiger partial charge in [0.2, 0.25) is 11.8 Å². The number of hydrogen-bond donors (Lipinski definition) is 1. The molecule has 7 nitrogen and oxygen atoms in total. The molecule has 1 aromatic carbocycles. The lowest BCUT2D eigenvalue weighted by molar-refractivity contribution is -0.121. The number of benzene rings is 1. The first-order valence-corrected chi connectivity index (χ1v) is 8.09. The average molecular weight is 340 g/mol. The molecule has 130 valence electrons. The van der Waals surface area contributed by atoms with Gasteiger partial charge in [0.1, 0.15) is 6.54 Å². The molecule has 0 bridgehead atoms. The van der Waals surface area contributed by atoms with Gasteiger partial charge < -0.3 is 10.1 Å². The van der Waals surface area contributed by atoms with E-state index in [4.69, 9.17) is 4.74 Å². The van der Waals surface area contributed by atoms with Gasteiger partial charge in [-0.1, -0.05) is 18.2 Å². The summed E-state index contributed by atoms with van der Waals surface area (Å²) in [6.45, 7) is 2.64. The quantitative estimate of drug-likeness (QED) is 0.737. The molecule has 0 saturated carbocycles. The van der Waals surface area contributed by atoms with Crippen molar-refractivity contribution in [3.63, 3.8) is 0 Å². The molecule has 2 aromatic heterocycles. The van der Waals surface area contributed by atoms with Crippen molar-refractivity contribution in [1.82, 2.24) is 19.4 Å². The van der Waals surface area contributed by atoms with Crippen molar-refractivity contribution >= 4 is 16.9 Å². The maximum absolute atomic E-state index is 12.4. The molecule has 7 heteroatoms. The number of aromatic nitrogens is 3. The number of carbonyl (C=O) groups is 1. The van der Waals surface area contributed by atoms with Crippen molar-refractivity contribution in [3.05, 3.63) is 58.6 Å². The molecule has 25 heavy (non-hydrogen) atoms. The van der Waals surface area contributed by atoms with E-state index in [1.54, 1.807) is 19.3 Å². The fraction of sp³-hybridized carbons (Fsp3) is 0.278. The summed E-state index contributed by atoms with van der Waals surface area (Å²) in [6.07, 6.45) is 1.64. The van der Waals surface area contributed by atoms with Crippen LogP contribution in [0.5, 0.6) is 5.88 Å². The molecule has 0 unspecified atom stereocenters. The van der Waals surface area contributed by atoms with Crippen LogP contribution in [-0.2, 0) is 24.9 Å². The molecule has 1 amide bonds. The highest BCUT2D eigenvalue weighted by molar-refractivity contribution is 5.80. The zero-order valence-electron chi connectivity index (χ0n) is 14.2. The summed E-state index contributed by atoms with van der Waals surface area (Å²) in [4.78, 5) is 28.8. The number of nitrogens with one attached hydrogen (secondary N) is 1. The van der Waals surface area contributed by atoms with E-state index in [1.807, 2.05) is 37.3 Å². The Balaban J connectivity index is 1.74. The summed E-state index contributed by atoms with van der Waals surface area (Å²) >= 11 is 0. The van der Waals surface area contributed by atoms with Crippen molar-refractivity contribution in [3.8, 4) is 5.88 Å². The summed E-state index contributed by atoms with van der Waals surface area (Å²) < 4.78 is 8.45. The lowest BCUT2D eigenvalue weighted by Gasteiger charge is -2.10. The number of nitrogens with zero attached hydrogens (tertiary/aromatic N) is 3. The topological polar surface area (TPSA) is 78.2 Å². The van der Waals surface area contributed by atoms with Crippen molar-refractivity contribution in [2.45, 2.75) is 20.0 Å². The van der Waals surface area contributed by atoms with Gasteiger partial charge >= 0.3 is 5.69 Å². The van der Waals surface area contributed by atoms with E-state index in [0.29, 0.717) is 19.0 Å². The molecule has 0 aliphatic carbocycles. The van der Waals surface area contributed by atoms with Crippen LogP contribution < -0.4 is 15.7 Å². The van der Waals surface area contributed by atoms with Gasteiger partial charge in [0.25, 0.3) is 0 Å². The maximum atomic E-state index is 12.4. The van der Waals surface area contributed by atoms with Crippen molar-refractivity contribution < 1.29 is 9.53 Å². The highest BCUT2D eigenvalue weighted by Crippen LogP contribution is 2.14. The van der Waals surface area contributed by atoms with E-state index in [-0.39, 0.29) is 18.1 Å². The second kappa shape index (κ2) is 7.21. The van der Waals surface area contributed by atoms with Gasteiger partial charge in [-0.15, -0.1) is 0 Å². The van der Waals surface area contributed by atoms with Crippen LogP contribution in [0.1, 0.15) is 12.5 Å². The van der Waals surface area contributed by atoms with E-state index in [1.165, 1.54) is 9.13 Å². The van der Waals surface area contributed by atoms with Crippen LogP contribution in [0.3, 0.4) is 0 Å². The van der Waals surface area contributed by atoms with Crippen molar-refractivity contribution in [2.24, 2.45) is 7.05 Å². The zero-order valence-corrected chi connectivity index (χ0v) is 14.2. The van der Waals surface area contributed by atoms with Crippen LogP contribution in [0.2, 0.25) is 0 Å². The third kappa shape index (κ3) is 3.40. The van der Waals surface area contributed by atoms with E-state index in [2.05, 4.69) is 10.3 Å². The molecular weight excluding hydrogens is 320 g/mol. The smallest absolute Gasteiger partial charge is 0.329 e. The van der Waals surface area contributed by atoms with Crippen LogP contribution in [0, 0.1) is 0 Å². The maximum Gasteiger partial charge on any atom is 0.329 e. The van der Waals surface area contributed by atoms with Gasteiger partial charge in [-0.3, -0.25) is 13.9 Å². The molecule has 0 aliphatic rings. The Hall–Kier alpha value is -3.09. The number of rotatable bonds is 6. The minimum absolute atomic E-state index is 0.0373. The number of hydrogen-bond acceptors (Lipinski definition) is 4. The molecule has 1 N–H and O–H groups in total. The Morgan fingerprint density at radius 3 is 2.72 bits per heavy atom. The first-order valence-electron chi connectivity index (χ1n) is 8.09. The summed E-state index contributed by atoms with van der Waals surface area (Å²) in [5, 5.41) is 2.82. The number of fused-ring (bicyclic) bond motifs is 1. The molecule has 3 aromatic rings. The number of imidazole rings is 1. The highest BCUT2D eigenvalue weighted by Gasteiger charge is 2.13. The van der Waals surface area contributed by atoms with E-state index in [0.717, 1.165) is 16.6 Å². The molecule has 3 rings (SSSR count). The predicted molar refractivity (Wildman–Crippen MR) is 94.4 cm³/mol. The number of pyridine rings is 1. The fourth-order valence-electron chi connectivity index (χ4n) is 2.73. The summed E-state index contributed by atoms with van der Waals surface area (Å²) in [7, 11) is 1.70. The Labute approximate surface area is 144 Å². The van der Waals surface area contributed by atoms with Crippen LogP contribution in [0.4, 0.5) is 0 Å². The number of carbonyl (C=O) groups excluding carboxylic acids is 1. The monoisotopic (exact) mass is 340 g/mol. The number of para-hydroxylation sites is 2. The largest absolute Gasteiger partial charge is 0.478 e. The Morgan fingerprint density at radius 2 is 1.96 bits per heavy atom. The van der Waals surface area contributed by atoms with Gasteiger partial charge in [0, 0.05) is 25.4 Å². The van der Waals surface area contributed by atoms with Gasteiger partial charge in [0.05, 0.1) is 17.6 Å². The second-order valence-corrected chi connectivity index (χ2v) is 5.59. The molecule has 0 fully saturated rings. The first kappa shape index (κ1) is 16.8. The Bertz CT molecular complexity index is 958. The van der Waals surface area contributed by atoms with Gasteiger partial charge in [0.15, 0.2) is 0 Å². The summed E-state index contributed by atoms with van der Waals surface area (Å²) in [5.41, 5.74) is 2.11. The minimum atomic E-state index is -0.246. The fourth-order valence-corrected chi connectivity index (χ4v) is 2.73. The van der Waals surface area contributed by atoms with E-state index < -0.39 is 0 Å². The molecule has 0 spiro atoms. The van der Waals surface area contributed by atoms with Gasteiger partial charge in [-0.2, -0.15) is 0 Å². The number of amides is 1. The Morgan fingerprint density at radius 1 is 1.20 bits per heavy atom. The molecular formula is C18H20N4O3. The molecule has 0 radical (unpaired) electrons. The lowest BCUT2D eigenvalue weighted by atomic mass is 10.2. The Kier molecular flexibility index (Phi) is 4.83. The minimum Gasteiger partial charge on any atom is -0.478 e. The van der Waals surface area contributed by atoms with E-state index in [9.17, 15) is 9.59 Å². The summed E-state index contributed by atoms with van der Waals surface area (Å²) in [6, 6.07) is 11.0. The molecule has 0 atom stereocenters. The molecule has 0 aliphatic heterocycles. The predicted octanol–water partition coefficient (Wildman–Crippen LogP) is 1.45. The third-order valence-corrected chi connectivity index (χ3v) is 3.96. The van der Waals surface area contributed by atoms with Crippen LogP contribution >= 0.6 is 0 Å². The van der Waals surface area contributed by atoms with Crippen LogP contribution in [-0.4, -0.2) is 26.6 Å². The number of aryl methyl sites for hydroxylation is 1. The highest BCUT2D eigenvalue weighted by atomic mass is 16.5. The third-order valence-electron chi connectivity index (χ3n) is 3.96.